The topological polar surface area (TPSA) is 9.23 Å². The second kappa shape index (κ2) is 8.79. The second-order valence-electron chi connectivity index (χ2n) is 7.04. The van der Waals surface area contributed by atoms with E-state index in [0.717, 1.165) is 17.1 Å². The third-order valence-corrected chi connectivity index (χ3v) is 10.6. The molecule has 0 aliphatic heterocycles. The van der Waals surface area contributed by atoms with Crippen LogP contribution >= 0.6 is 31.9 Å². The standard InChI is InChI=1S/C20H26Br2OSi/c1-20(2,3)24(18-10-6-4-7-11-18,19-12-8-5-9-13-19)23-17(16-22)14-15-21/h4-13,17H,14-16H2,1-3H3/t17-/m0/s1. The van der Waals surface area contributed by atoms with Crippen LogP contribution < -0.4 is 10.4 Å². The predicted molar refractivity (Wildman–Crippen MR) is 115 cm³/mol. The van der Waals surface area contributed by atoms with E-state index in [0.29, 0.717) is 0 Å². The molecule has 0 N–H and O–H groups in total. The van der Waals surface area contributed by atoms with Crippen molar-refractivity contribution in [3.05, 3.63) is 60.7 Å². The van der Waals surface area contributed by atoms with E-state index < -0.39 is 8.32 Å². The van der Waals surface area contributed by atoms with Crippen molar-refractivity contribution in [1.82, 2.24) is 0 Å². The predicted octanol–water partition coefficient (Wildman–Crippen LogP) is 5.11. The van der Waals surface area contributed by atoms with Crippen molar-refractivity contribution in [3.8, 4) is 0 Å². The molecule has 0 saturated heterocycles. The first-order valence-corrected chi connectivity index (χ1v) is 12.5. The smallest absolute Gasteiger partial charge is 0.261 e. The minimum absolute atomic E-state index is 0.0302. The molecule has 1 atom stereocenters. The lowest BCUT2D eigenvalue weighted by molar-refractivity contribution is 0.209. The lowest BCUT2D eigenvalue weighted by Gasteiger charge is -2.45. The van der Waals surface area contributed by atoms with Gasteiger partial charge in [0.15, 0.2) is 0 Å². The fourth-order valence-electron chi connectivity index (χ4n) is 3.23. The summed E-state index contributed by atoms with van der Waals surface area (Å²) in [6, 6.07) is 21.6. The Morgan fingerprint density at radius 1 is 0.875 bits per heavy atom. The Kier molecular flexibility index (Phi) is 7.29. The fourth-order valence-corrected chi connectivity index (χ4v) is 9.16. The highest BCUT2D eigenvalue weighted by Crippen LogP contribution is 2.38. The molecule has 0 unspecified atom stereocenters. The molecule has 1 nitrogen and oxygen atoms in total. The highest BCUT2D eigenvalue weighted by molar-refractivity contribution is 9.09. The van der Waals surface area contributed by atoms with E-state index in [9.17, 15) is 0 Å². The molecule has 4 heteroatoms. The van der Waals surface area contributed by atoms with Crippen LogP contribution in [0.15, 0.2) is 60.7 Å². The molecule has 0 aromatic heterocycles. The van der Waals surface area contributed by atoms with Crippen molar-refractivity contribution in [2.24, 2.45) is 0 Å². The minimum atomic E-state index is -2.42. The number of alkyl halides is 2. The highest BCUT2D eigenvalue weighted by atomic mass is 79.9. The van der Waals surface area contributed by atoms with E-state index in [-0.39, 0.29) is 11.1 Å². The molecule has 0 saturated carbocycles. The first-order chi connectivity index (χ1) is 11.5. The van der Waals surface area contributed by atoms with Gasteiger partial charge in [-0.25, -0.2) is 0 Å². The van der Waals surface area contributed by atoms with Crippen LogP contribution in [0.2, 0.25) is 5.04 Å². The molecule has 0 heterocycles. The van der Waals surface area contributed by atoms with Crippen LogP contribution in [-0.4, -0.2) is 25.1 Å². The summed E-state index contributed by atoms with van der Waals surface area (Å²) in [6.07, 6.45) is 1.19. The van der Waals surface area contributed by atoms with Crippen LogP contribution in [0, 0.1) is 0 Å². The average Bonchev–Trinajstić information content (AvgIpc) is 2.59. The summed E-state index contributed by atoms with van der Waals surface area (Å²) in [5.74, 6) is 0. The highest BCUT2D eigenvalue weighted by Gasteiger charge is 2.51. The summed E-state index contributed by atoms with van der Waals surface area (Å²) in [4.78, 5) is 0. The van der Waals surface area contributed by atoms with Gasteiger partial charge in [-0.15, -0.1) is 0 Å². The van der Waals surface area contributed by atoms with Gasteiger partial charge < -0.3 is 4.43 Å². The van der Waals surface area contributed by atoms with E-state index in [1.165, 1.54) is 10.4 Å². The van der Waals surface area contributed by atoms with Crippen molar-refractivity contribution in [2.45, 2.75) is 38.3 Å². The van der Waals surface area contributed by atoms with E-state index in [4.69, 9.17) is 4.43 Å². The Bertz CT molecular complexity index is 571. The maximum absolute atomic E-state index is 7.03. The summed E-state index contributed by atoms with van der Waals surface area (Å²) in [6.45, 7) is 6.95. The van der Waals surface area contributed by atoms with Gasteiger partial charge in [-0.1, -0.05) is 113 Å². The Labute approximate surface area is 164 Å². The van der Waals surface area contributed by atoms with E-state index >= 15 is 0 Å². The van der Waals surface area contributed by atoms with Gasteiger partial charge >= 0.3 is 0 Å². The Hall–Kier alpha value is -0.423. The van der Waals surface area contributed by atoms with Gasteiger partial charge in [-0.05, 0) is 21.8 Å². The molecule has 2 aromatic rings. The molecule has 0 aliphatic carbocycles. The van der Waals surface area contributed by atoms with Crippen molar-refractivity contribution >= 4 is 50.6 Å². The molecular weight excluding hydrogens is 444 g/mol. The molecule has 0 spiro atoms. The zero-order chi connectivity index (χ0) is 17.6. The summed E-state index contributed by atoms with van der Waals surface area (Å²) < 4.78 is 7.03. The second-order valence-corrected chi connectivity index (χ2v) is 12.7. The first kappa shape index (κ1) is 19.9. The van der Waals surface area contributed by atoms with Gasteiger partial charge in [-0.3, -0.25) is 0 Å². The van der Waals surface area contributed by atoms with Gasteiger partial charge in [0.05, 0.1) is 6.10 Å². The van der Waals surface area contributed by atoms with Crippen molar-refractivity contribution in [3.63, 3.8) is 0 Å². The van der Waals surface area contributed by atoms with E-state index in [1.807, 2.05) is 0 Å². The summed E-state index contributed by atoms with van der Waals surface area (Å²) in [5.41, 5.74) is 0. The van der Waals surface area contributed by atoms with Crippen molar-refractivity contribution in [1.29, 1.82) is 0 Å². The Balaban J connectivity index is 2.65. The maximum atomic E-state index is 7.03. The van der Waals surface area contributed by atoms with Crippen LogP contribution in [0.1, 0.15) is 27.2 Å². The van der Waals surface area contributed by atoms with Gasteiger partial charge in [0.1, 0.15) is 0 Å². The molecular formula is C20H26Br2OSi. The van der Waals surface area contributed by atoms with Crippen LogP contribution in [0.3, 0.4) is 0 Å². The molecule has 0 bridgehead atoms. The summed E-state index contributed by atoms with van der Waals surface area (Å²) >= 11 is 7.23. The molecule has 2 rings (SSSR count). The van der Waals surface area contributed by atoms with E-state index in [2.05, 4.69) is 113 Å². The fraction of sp³-hybridized carbons (Fsp3) is 0.400. The van der Waals surface area contributed by atoms with Gasteiger partial charge in [-0.2, -0.15) is 0 Å². The third-order valence-electron chi connectivity index (χ3n) is 4.36. The van der Waals surface area contributed by atoms with Crippen molar-refractivity contribution in [2.75, 3.05) is 10.7 Å². The number of benzene rings is 2. The number of halogens is 2. The number of hydrogen-bond acceptors (Lipinski definition) is 1. The molecule has 0 fully saturated rings. The van der Waals surface area contributed by atoms with Gasteiger partial charge in [0.25, 0.3) is 8.32 Å². The number of hydrogen-bond donors (Lipinski definition) is 0. The van der Waals surface area contributed by atoms with Gasteiger partial charge in [0, 0.05) is 10.7 Å². The third kappa shape index (κ3) is 4.21. The largest absolute Gasteiger partial charge is 0.404 e. The normalized spacial score (nSPS) is 13.7. The molecule has 0 radical (unpaired) electrons. The lowest BCUT2D eigenvalue weighted by Crippen LogP contribution is -2.67. The van der Waals surface area contributed by atoms with Gasteiger partial charge in [0.2, 0.25) is 0 Å². The van der Waals surface area contributed by atoms with Crippen LogP contribution in [0.5, 0.6) is 0 Å². The van der Waals surface area contributed by atoms with Crippen LogP contribution in [0.25, 0.3) is 0 Å². The molecule has 2 aromatic carbocycles. The maximum Gasteiger partial charge on any atom is 0.261 e. The van der Waals surface area contributed by atoms with Crippen LogP contribution in [0.4, 0.5) is 0 Å². The van der Waals surface area contributed by atoms with Crippen molar-refractivity contribution < 1.29 is 4.43 Å². The molecule has 0 amide bonds. The zero-order valence-corrected chi connectivity index (χ0v) is 18.8. The Morgan fingerprint density at radius 3 is 1.67 bits per heavy atom. The van der Waals surface area contributed by atoms with Crippen LogP contribution in [-0.2, 0) is 4.43 Å². The minimum Gasteiger partial charge on any atom is -0.404 e. The average molecular weight is 470 g/mol. The zero-order valence-electron chi connectivity index (χ0n) is 14.6. The monoisotopic (exact) mass is 468 g/mol. The summed E-state index contributed by atoms with van der Waals surface area (Å²) in [5, 5.41) is 4.50. The Morgan fingerprint density at radius 2 is 1.33 bits per heavy atom. The van der Waals surface area contributed by atoms with E-state index in [1.54, 1.807) is 0 Å². The number of rotatable bonds is 7. The molecule has 0 aliphatic rings. The molecule has 24 heavy (non-hydrogen) atoms. The SMILES string of the molecule is CC(C)(C)[Si](O[C@H](CBr)CCBr)(c1ccccc1)c1ccccc1. The lowest BCUT2D eigenvalue weighted by atomic mass is 10.2. The quantitative estimate of drug-likeness (QED) is 0.404. The summed E-state index contributed by atoms with van der Waals surface area (Å²) in [7, 11) is -2.42. The molecule has 130 valence electrons. The first-order valence-electron chi connectivity index (χ1n) is 8.36.